The Labute approximate surface area is 345 Å². The van der Waals surface area contributed by atoms with Crippen molar-refractivity contribution in [3.63, 3.8) is 0 Å². The van der Waals surface area contributed by atoms with Crippen LogP contribution in [0.5, 0.6) is 0 Å². The SMILES string of the molecule is CCCC(O)C(O)C(CC1CCCCC1)NC.CCCNC(=O)C(F)(F)C(O)C(CC1CCCCC1)NC.CCCNC(=O)CC(O)C(CC1CCCCC1)NC. The van der Waals surface area contributed by atoms with Gasteiger partial charge < -0.3 is 47.0 Å². The van der Waals surface area contributed by atoms with Gasteiger partial charge in [0.25, 0.3) is 5.91 Å². The molecular weight excluding hydrogens is 733 g/mol. The molecule has 338 valence electrons. The molecule has 0 aliphatic heterocycles. The van der Waals surface area contributed by atoms with Gasteiger partial charge in [-0.25, -0.2) is 0 Å². The maximum atomic E-state index is 14.0. The van der Waals surface area contributed by atoms with E-state index in [2.05, 4.69) is 26.6 Å². The van der Waals surface area contributed by atoms with Crippen molar-refractivity contribution < 1.29 is 38.8 Å². The number of carbonyl (C=O) groups excluding carboxylic acids is 2. The van der Waals surface area contributed by atoms with E-state index in [1.165, 1.54) is 70.6 Å². The van der Waals surface area contributed by atoms with Gasteiger partial charge in [0.1, 0.15) is 6.10 Å². The minimum atomic E-state index is -3.77. The monoisotopic (exact) mass is 820 g/mol. The zero-order valence-corrected chi connectivity index (χ0v) is 36.8. The lowest BCUT2D eigenvalue weighted by atomic mass is 9.83. The Morgan fingerprint density at radius 2 is 0.982 bits per heavy atom. The molecule has 0 radical (unpaired) electrons. The second-order valence-electron chi connectivity index (χ2n) is 17.2. The topological polar surface area (TPSA) is 175 Å². The molecule has 3 aliphatic rings. The Morgan fingerprint density at radius 1 is 0.579 bits per heavy atom. The zero-order valence-electron chi connectivity index (χ0n) is 36.8. The van der Waals surface area contributed by atoms with Gasteiger partial charge in [-0.2, -0.15) is 8.78 Å². The van der Waals surface area contributed by atoms with Gasteiger partial charge in [-0.05, 0) is 77.4 Å². The second kappa shape index (κ2) is 31.4. The lowest BCUT2D eigenvalue weighted by molar-refractivity contribution is -0.167. The van der Waals surface area contributed by atoms with Crippen LogP contribution >= 0.6 is 0 Å². The van der Waals surface area contributed by atoms with Crippen LogP contribution in [-0.2, 0) is 9.59 Å². The van der Waals surface area contributed by atoms with Crippen molar-refractivity contribution in [1.82, 2.24) is 26.6 Å². The molecule has 3 aliphatic carbocycles. The normalized spacial score (nSPS) is 21.0. The van der Waals surface area contributed by atoms with Crippen molar-refractivity contribution in [2.45, 2.75) is 217 Å². The number of hydrogen-bond donors (Lipinski definition) is 9. The van der Waals surface area contributed by atoms with E-state index in [1.807, 2.05) is 27.9 Å². The summed E-state index contributed by atoms with van der Waals surface area (Å²) < 4.78 is 28.0. The van der Waals surface area contributed by atoms with Gasteiger partial charge in [0, 0.05) is 31.2 Å². The Balaban J connectivity index is 0.000000430. The summed E-state index contributed by atoms with van der Waals surface area (Å²) in [6.45, 7) is 6.72. The van der Waals surface area contributed by atoms with Crippen LogP contribution in [0.15, 0.2) is 0 Å². The van der Waals surface area contributed by atoms with Gasteiger partial charge in [0.2, 0.25) is 5.91 Å². The van der Waals surface area contributed by atoms with Crippen molar-refractivity contribution in [3.05, 3.63) is 0 Å². The van der Waals surface area contributed by atoms with Gasteiger partial charge in [0.15, 0.2) is 0 Å². The van der Waals surface area contributed by atoms with E-state index in [9.17, 15) is 38.8 Å². The van der Waals surface area contributed by atoms with Crippen LogP contribution in [0, 0.1) is 17.8 Å². The van der Waals surface area contributed by atoms with E-state index < -0.39 is 42.3 Å². The van der Waals surface area contributed by atoms with E-state index >= 15 is 0 Å². The van der Waals surface area contributed by atoms with E-state index in [0.717, 1.165) is 57.3 Å². The number of aliphatic hydroxyl groups excluding tert-OH is 4. The molecule has 9 N–H and O–H groups in total. The third kappa shape index (κ3) is 21.6. The summed E-state index contributed by atoms with van der Waals surface area (Å²) in [5.74, 6) is -3.42. The quantitative estimate of drug-likeness (QED) is 0.0603. The van der Waals surface area contributed by atoms with Crippen molar-refractivity contribution in [1.29, 1.82) is 0 Å². The highest BCUT2D eigenvalue weighted by molar-refractivity contribution is 5.84. The van der Waals surface area contributed by atoms with Crippen LogP contribution in [0.4, 0.5) is 8.78 Å². The molecule has 3 rings (SSSR count). The third-order valence-electron chi connectivity index (χ3n) is 12.5. The highest BCUT2D eigenvalue weighted by Crippen LogP contribution is 2.32. The molecular formula is C44H87F2N5O6. The number of rotatable bonds is 23. The average Bonchev–Trinajstić information content (AvgIpc) is 3.23. The maximum Gasteiger partial charge on any atom is 0.351 e. The van der Waals surface area contributed by atoms with E-state index in [4.69, 9.17) is 0 Å². The summed E-state index contributed by atoms with van der Waals surface area (Å²) in [4.78, 5) is 23.2. The molecule has 0 aromatic rings. The molecule has 7 atom stereocenters. The number of halogens is 2. The molecule has 7 unspecified atom stereocenters. The lowest BCUT2D eigenvalue weighted by Gasteiger charge is -2.32. The van der Waals surface area contributed by atoms with Crippen LogP contribution in [0.2, 0.25) is 0 Å². The standard InChI is InChI=1S/C15H28F2N2O2.C15H30N2O2.C14H29NO2/c1-3-9-19-14(21)15(16,17)13(20)12(18-2)10-11-7-5-4-6-8-11;1-3-9-17-15(19)11-14(18)13(16-2)10-12-7-5-4-6-8-12;1-3-7-13(16)14(17)12(15-2)10-11-8-5-4-6-9-11/h11-13,18,20H,3-10H2,1-2H3,(H,19,21);12-14,16,18H,3-11H2,1-2H3,(H,17,19);11-17H,3-10H2,1-2H3. The van der Waals surface area contributed by atoms with Gasteiger partial charge >= 0.3 is 5.92 Å². The Bertz CT molecular complexity index is 1010. The fourth-order valence-corrected chi connectivity index (χ4v) is 8.79. The highest BCUT2D eigenvalue weighted by Gasteiger charge is 2.49. The fourth-order valence-electron chi connectivity index (χ4n) is 8.79. The molecule has 2 amide bonds. The van der Waals surface area contributed by atoms with E-state index in [0.29, 0.717) is 37.6 Å². The third-order valence-corrected chi connectivity index (χ3v) is 12.5. The molecule has 3 saturated carbocycles. The number of alkyl halides is 2. The first-order chi connectivity index (χ1) is 27.3. The minimum absolute atomic E-state index is 0.0375. The summed E-state index contributed by atoms with van der Waals surface area (Å²) in [6.07, 6.45) is 20.6. The first kappa shape index (κ1) is 53.5. The van der Waals surface area contributed by atoms with Crippen molar-refractivity contribution in [2.75, 3.05) is 34.2 Å². The molecule has 13 heteroatoms. The molecule has 0 saturated heterocycles. The molecule has 0 aromatic heterocycles. The zero-order chi connectivity index (χ0) is 42.6. The predicted molar refractivity (Wildman–Crippen MR) is 227 cm³/mol. The lowest BCUT2D eigenvalue weighted by Crippen LogP contribution is -2.56. The first-order valence-electron chi connectivity index (χ1n) is 23.0. The van der Waals surface area contributed by atoms with Crippen LogP contribution in [0.25, 0.3) is 0 Å². The number of hydrogen-bond acceptors (Lipinski definition) is 9. The van der Waals surface area contributed by atoms with Crippen molar-refractivity contribution >= 4 is 11.8 Å². The smallest absolute Gasteiger partial charge is 0.351 e. The summed E-state index contributed by atoms with van der Waals surface area (Å²) in [7, 11) is 5.31. The maximum absolute atomic E-state index is 14.0. The predicted octanol–water partition coefficient (Wildman–Crippen LogP) is 5.96. The Kier molecular flexibility index (Phi) is 29.5. The number of carbonyl (C=O) groups is 2. The minimum Gasteiger partial charge on any atom is -0.391 e. The molecule has 0 spiro atoms. The van der Waals surface area contributed by atoms with Crippen molar-refractivity contribution in [3.8, 4) is 0 Å². The van der Waals surface area contributed by atoms with Gasteiger partial charge in [-0.1, -0.05) is 124 Å². The number of amides is 2. The van der Waals surface area contributed by atoms with Crippen molar-refractivity contribution in [2.24, 2.45) is 17.8 Å². The summed E-state index contributed by atoms with van der Waals surface area (Å²) in [5, 5.41) is 54.2. The number of nitrogens with one attached hydrogen (secondary N) is 5. The first-order valence-corrected chi connectivity index (χ1v) is 23.0. The summed E-state index contributed by atoms with van der Waals surface area (Å²) >= 11 is 0. The molecule has 3 fully saturated rings. The Morgan fingerprint density at radius 3 is 1.39 bits per heavy atom. The van der Waals surface area contributed by atoms with E-state index in [1.54, 1.807) is 14.0 Å². The summed E-state index contributed by atoms with van der Waals surface area (Å²) in [5.41, 5.74) is 0. The second-order valence-corrected chi connectivity index (χ2v) is 17.2. The Hall–Kier alpha value is -1.48. The molecule has 0 bridgehead atoms. The van der Waals surface area contributed by atoms with Gasteiger partial charge in [-0.3, -0.25) is 9.59 Å². The number of aliphatic hydroxyl groups is 4. The van der Waals surface area contributed by atoms with Gasteiger partial charge in [-0.15, -0.1) is 0 Å². The fraction of sp³-hybridized carbons (Fsp3) is 0.955. The van der Waals surface area contributed by atoms with Crippen LogP contribution in [0.3, 0.4) is 0 Å². The molecule has 0 heterocycles. The number of likely N-dealkylation sites (N-methyl/N-ethyl adjacent to an activating group) is 3. The molecule has 11 nitrogen and oxygen atoms in total. The van der Waals surface area contributed by atoms with Crippen LogP contribution in [-0.4, -0.2) is 115 Å². The summed E-state index contributed by atoms with van der Waals surface area (Å²) in [6, 6.07) is -0.689. The highest BCUT2D eigenvalue weighted by atomic mass is 19.3. The van der Waals surface area contributed by atoms with E-state index in [-0.39, 0.29) is 31.0 Å². The van der Waals surface area contributed by atoms with Gasteiger partial charge in [0.05, 0.1) is 24.7 Å². The van der Waals surface area contributed by atoms with Crippen LogP contribution < -0.4 is 26.6 Å². The average molecular weight is 820 g/mol. The molecule has 0 aromatic carbocycles. The largest absolute Gasteiger partial charge is 0.391 e. The van der Waals surface area contributed by atoms with Crippen LogP contribution in [0.1, 0.15) is 168 Å². The molecule has 57 heavy (non-hydrogen) atoms.